The van der Waals surface area contributed by atoms with Crippen LogP contribution in [0.4, 0.5) is 0 Å². The van der Waals surface area contributed by atoms with Crippen LogP contribution in [0.5, 0.6) is 0 Å². The Morgan fingerprint density at radius 1 is 1.38 bits per heavy atom. The Hall–Kier alpha value is -2.16. The molecule has 1 aromatic heterocycles. The van der Waals surface area contributed by atoms with Crippen molar-refractivity contribution in [2.24, 2.45) is 11.8 Å². The van der Waals surface area contributed by atoms with Crippen LogP contribution < -0.4 is 0 Å². The van der Waals surface area contributed by atoms with Gasteiger partial charge in [-0.1, -0.05) is 24.3 Å². The molecule has 0 N–H and O–H groups in total. The SMILES string of the molecule is C=CC1CN(C(C)=O)CCC1CCCc1ccnc2ccccc12. The van der Waals surface area contributed by atoms with Crippen LogP contribution in [0.2, 0.25) is 0 Å². The number of hydrogen-bond acceptors (Lipinski definition) is 2. The van der Waals surface area contributed by atoms with Gasteiger partial charge in [0.15, 0.2) is 0 Å². The molecule has 2 heterocycles. The minimum Gasteiger partial charge on any atom is -0.342 e. The van der Waals surface area contributed by atoms with Gasteiger partial charge in [-0.25, -0.2) is 0 Å². The Bertz CT molecular complexity index is 719. The Morgan fingerprint density at radius 3 is 3.00 bits per heavy atom. The number of carbonyl (C=O) groups is 1. The van der Waals surface area contributed by atoms with E-state index < -0.39 is 0 Å². The van der Waals surface area contributed by atoms with Crippen molar-refractivity contribution in [3.05, 3.63) is 54.7 Å². The smallest absolute Gasteiger partial charge is 0.219 e. The molecule has 1 fully saturated rings. The number of aryl methyl sites for hydroxylation is 1. The van der Waals surface area contributed by atoms with Crippen molar-refractivity contribution < 1.29 is 4.79 Å². The van der Waals surface area contributed by atoms with Gasteiger partial charge in [0.2, 0.25) is 5.91 Å². The fraction of sp³-hybridized carbons (Fsp3) is 0.429. The first-order valence-electron chi connectivity index (χ1n) is 8.89. The quantitative estimate of drug-likeness (QED) is 0.772. The van der Waals surface area contributed by atoms with E-state index in [9.17, 15) is 4.79 Å². The Labute approximate surface area is 144 Å². The van der Waals surface area contributed by atoms with Crippen LogP contribution >= 0.6 is 0 Å². The number of pyridine rings is 1. The maximum absolute atomic E-state index is 11.6. The van der Waals surface area contributed by atoms with Crippen LogP contribution in [0.3, 0.4) is 0 Å². The first-order valence-corrected chi connectivity index (χ1v) is 8.89. The highest BCUT2D eigenvalue weighted by Gasteiger charge is 2.27. The normalized spacial score (nSPS) is 21.0. The van der Waals surface area contributed by atoms with Crippen molar-refractivity contribution in [3.8, 4) is 0 Å². The maximum Gasteiger partial charge on any atom is 0.219 e. The lowest BCUT2D eigenvalue weighted by Crippen LogP contribution is -2.42. The molecule has 2 atom stereocenters. The number of rotatable bonds is 5. The number of hydrogen-bond donors (Lipinski definition) is 0. The van der Waals surface area contributed by atoms with Crippen LogP contribution in [0.15, 0.2) is 49.2 Å². The highest BCUT2D eigenvalue weighted by Crippen LogP contribution is 2.29. The summed E-state index contributed by atoms with van der Waals surface area (Å²) in [7, 11) is 0. The third-order valence-corrected chi connectivity index (χ3v) is 5.31. The molecule has 3 nitrogen and oxygen atoms in total. The van der Waals surface area contributed by atoms with E-state index in [1.54, 1.807) is 6.92 Å². The molecule has 1 aromatic carbocycles. The lowest BCUT2D eigenvalue weighted by Gasteiger charge is -2.37. The molecule has 1 aliphatic rings. The zero-order valence-electron chi connectivity index (χ0n) is 14.4. The second-order valence-electron chi connectivity index (χ2n) is 6.79. The van der Waals surface area contributed by atoms with Crippen molar-refractivity contribution >= 4 is 16.8 Å². The van der Waals surface area contributed by atoms with E-state index >= 15 is 0 Å². The number of piperidine rings is 1. The van der Waals surface area contributed by atoms with Crippen molar-refractivity contribution in [2.75, 3.05) is 13.1 Å². The van der Waals surface area contributed by atoms with Gasteiger partial charge in [-0.2, -0.15) is 0 Å². The van der Waals surface area contributed by atoms with Gasteiger partial charge >= 0.3 is 0 Å². The van der Waals surface area contributed by atoms with Gasteiger partial charge < -0.3 is 4.90 Å². The molecule has 3 rings (SSSR count). The molecule has 1 saturated heterocycles. The van der Waals surface area contributed by atoms with Gasteiger partial charge in [-0.15, -0.1) is 6.58 Å². The molecule has 3 heteroatoms. The van der Waals surface area contributed by atoms with Crippen LogP contribution in [0, 0.1) is 11.8 Å². The van der Waals surface area contributed by atoms with Crippen molar-refractivity contribution in [2.45, 2.75) is 32.6 Å². The van der Waals surface area contributed by atoms with Crippen LogP contribution in [0.1, 0.15) is 31.7 Å². The molecule has 0 saturated carbocycles. The van der Waals surface area contributed by atoms with Gasteiger partial charge in [-0.3, -0.25) is 9.78 Å². The van der Waals surface area contributed by atoms with E-state index in [0.717, 1.165) is 31.4 Å². The van der Waals surface area contributed by atoms with E-state index in [0.29, 0.717) is 11.8 Å². The van der Waals surface area contributed by atoms with Crippen LogP contribution in [-0.2, 0) is 11.2 Å². The van der Waals surface area contributed by atoms with E-state index in [4.69, 9.17) is 0 Å². The summed E-state index contributed by atoms with van der Waals surface area (Å²) < 4.78 is 0. The van der Waals surface area contributed by atoms with Crippen molar-refractivity contribution in [1.82, 2.24) is 9.88 Å². The number of benzene rings is 1. The molecule has 2 unspecified atom stereocenters. The number of carbonyl (C=O) groups excluding carboxylic acids is 1. The van der Waals surface area contributed by atoms with E-state index in [1.165, 1.54) is 23.8 Å². The second kappa shape index (κ2) is 7.61. The summed E-state index contributed by atoms with van der Waals surface area (Å²) in [6.45, 7) is 7.38. The van der Waals surface area contributed by atoms with Crippen molar-refractivity contribution in [1.29, 1.82) is 0 Å². The highest BCUT2D eigenvalue weighted by molar-refractivity contribution is 5.81. The van der Waals surface area contributed by atoms with Gasteiger partial charge in [0, 0.05) is 31.6 Å². The Kier molecular flexibility index (Phi) is 5.29. The Balaban J connectivity index is 1.59. The molecular weight excluding hydrogens is 296 g/mol. The number of aromatic nitrogens is 1. The van der Waals surface area contributed by atoms with E-state index in [-0.39, 0.29) is 5.91 Å². The fourth-order valence-electron chi connectivity index (χ4n) is 3.87. The summed E-state index contributed by atoms with van der Waals surface area (Å²) in [5, 5.41) is 1.27. The number of nitrogens with zero attached hydrogens (tertiary/aromatic N) is 2. The molecule has 1 aliphatic heterocycles. The second-order valence-corrected chi connectivity index (χ2v) is 6.79. The molecule has 126 valence electrons. The zero-order valence-corrected chi connectivity index (χ0v) is 14.4. The molecular formula is C21H26N2O. The predicted octanol–water partition coefficient (Wildman–Crippen LogP) is 4.23. The van der Waals surface area contributed by atoms with Gasteiger partial charge in [-0.05, 0) is 55.2 Å². The zero-order chi connectivity index (χ0) is 16.9. The maximum atomic E-state index is 11.6. The van der Waals surface area contributed by atoms with Crippen LogP contribution in [0.25, 0.3) is 10.9 Å². The summed E-state index contributed by atoms with van der Waals surface area (Å²) in [4.78, 5) is 18.0. The van der Waals surface area contributed by atoms with Gasteiger partial charge in [0.05, 0.1) is 5.52 Å². The number of para-hydroxylation sites is 1. The summed E-state index contributed by atoms with van der Waals surface area (Å²) in [5.74, 6) is 1.26. The molecule has 24 heavy (non-hydrogen) atoms. The molecule has 0 bridgehead atoms. The topological polar surface area (TPSA) is 33.2 Å². The third kappa shape index (κ3) is 3.66. The largest absolute Gasteiger partial charge is 0.342 e. The summed E-state index contributed by atoms with van der Waals surface area (Å²) >= 11 is 0. The summed E-state index contributed by atoms with van der Waals surface area (Å²) in [5.41, 5.74) is 2.46. The molecule has 0 radical (unpaired) electrons. The summed E-state index contributed by atoms with van der Waals surface area (Å²) in [6.07, 6.45) is 8.49. The number of fused-ring (bicyclic) bond motifs is 1. The predicted molar refractivity (Wildman–Crippen MR) is 98.7 cm³/mol. The van der Waals surface area contributed by atoms with Crippen molar-refractivity contribution in [3.63, 3.8) is 0 Å². The minimum absolute atomic E-state index is 0.184. The summed E-state index contributed by atoms with van der Waals surface area (Å²) in [6, 6.07) is 10.5. The number of amides is 1. The fourth-order valence-corrected chi connectivity index (χ4v) is 3.87. The molecule has 2 aromatic rings. The lowest BCUT2D eigenvalue weighted by molar-refractivity contribution is -0.131. The standard InChI is InChI=1S/C21H26N2O/c1-3-17-15-23(16(2)24)14-12-18(17)7-6-8-19-11-13-22-21-10-5-4-9-20(19)21/h3-5,9-11,13,17-18H,1,6-8,12,14-15H2,2H3. The average Bonchev–Trinajstić information content (AvgIpc) is 2.62. The first-order chi connectivity index (χ1) is 11.7. The van der Waals surface area contributed by atoms with Crippen LogP contribution in [-0.4, -0.2) is 28.9 Å². The monoisotopic (exact) mass is 322 g/mol. The Morgan fingerprint density at radius 2 is 2.21 bits per heavy atom. The number of likely N-dealkylation sites (tertiary alicyclic amines) is 1. The minimum atomic E-state index is 0.184. The lowest BCUT2D eigenvalue weighted by atomic mass is 9.81. The molecule has 0 spiro atoms. The highest BCUT2D eigenvalue weighted by atomic mass is 16.2. The van der Waals surface area contributed by atoms with Gasteiger partial charge in [0.1, 0.15) is 0 Å². The average molecular weight is 322 g/mol. The first kappa shape index (κ1) is 16.7. The van der Waals surface area contributed by atoms with E-state index in [2.05, 4.69) is 35.8 Å². The molecule has 0 aliphatic carbocycles. The van der Waals surface area contributed by atoms with Gasteiger partial charge in [0.25, 0.3) is 0 Å². The van der Waals surface area contributed by atoms with E-state index in [1.807, 2.05) is 23.2 Å². The third-order valence-electron chi connectivity index (χ3n) is 5.31. The molecule has 1 amide bonds.